The van der Waals surface area contributed by atoms with Crippen molar-refractivity contribution in [2.75, 3.05) is 53.6 Å². The van der Waals surface area contributed by atoms with Crippen molar-refractivity contribution in [3.05, 3.63) is 53.6 Å². The number of nitrogens with zero attached hydrogens (tertiary/aromatic N) is 2. The van der Waals surface area contributed by atoms with Gasteiger partial charge in [-0.2, -0.15) is 0 Å². The molecule has 3 aliphatic rings. The van der Waals surface area contributed by atoms with Crippen LogP contribution in [0.4, 0.5) is 0 Å². The van der Waals surface area contributed by atoms with E-state index in [1.165, 1.54) is 12.0 Å². The van der Waals surface area contributed by atoms with E-state index in [-0.39, 0.29) is 50.1 Å². The molecule has 2 aromatic carbocycles. The molecular formula is C32H41N3O8. The number of carbonyl (C=O) groups excluding carboxylic acids is 3. The highest BCUT2D eigenvalue weighted by Gasteiger charge is 2.48. The number of likely N-dealkylation sites (tertiary alicyclic amines) is 1. The van der Waals surface area contributed by atoms with Gasteiger partial charge in [0.2, 0.25) is 11.8 Å². The second-order valence-electron chi connectivity index (χ2n) is 11.5. The van der Waals surface area contributed by atoms with Gasteiger partial charge in [-0.25, -0.2) is 0 Å². The Morgan fingerprint density at radius 3 is 2.72 bits per heavy atom. The Morgan fingerprint density at radius 2 is 2.00 bits per heavy atom. The van der Waals surface area contributed by atoms with Crippen molar-refractivity contribution >= 4 is 17.7 Å². The number of rotatable bonds is 7. The lowest BCUT2D eigenvalue weighted by molar-refractivity contribution is -0.156. The van der Waals surface area contributed by atoms with E-state index in [2.05, 4.69) is 5.32 Å². The summed E-state index contributed by atoms with van der Waals surface area (Å²) < 4.78 is 23.4. The van der Waals surface area contributed by atoms with Crippen molar-refractivity contribution in [1.29, 1.82) is 0 Å². The number of benzene rings is 2. The van der Waals surface area contributed by atoms with Gasteiger partial charge < -0.3 is 39.2 Å². The van der Waals surface area contributed by atoms with Gasteiger partial charge in [-0.15, -0.1) is 0 Å². The van der Waals surface area contributed by atoms with Crippen molar-refractivity contribution in [2.24, 2.45) is 5.41 Å². The quantitative estimate of drug-likeness (QED) is 0.501. The van der Waals surface area contributed by atoms with E-state index in [1.54, 1.807) is 25.3 Å². The summed E-state index contributed by atoms with van der Waals surface area (Å²) in [5.74, 6) is 0.685. The second kappa shape index (κ2) is 13.7. The smallest absolute Gasteiger partial charge is 0.254 e. The molecular weight excluding hydrogens is 554 g/mol. The number of hydrogen-bond acceptors (Lipinski definition) is 8. The van der Waals surface area contributed by atoms with E-state index in [0.717, 1.165) is 24.8 Å². The molecule has 2 heterocycles. The fourth-order valence-corrected chi connectivity index (χ4v) is 6.13. The molecule has 43 heavy (non-hydrogen) atoms. The Labute approximate surface area is 252 Å². The van der Waals surface area contributed by atoms with Gasteiger partial charge in [0.1, 0.15) is 5.75 Å². The van der Waals surface area contributed by atoms with Gasteiger partial charge in [-0.1, -0.05) is 18.6 Å². The predicted octanol–water partition coefficient (Wildman–Crippen LogP) is 2.74. The normalized spacial score (nSPS) is 22.1. The zero-order valence-corrected chi connectivity index (χ0v) is 24.9. The van der Waals surface area contributed by atoms with Crippen LogP contribution in [-0.2, 0) is 25.7 Å². The summed E-state index contributed by atoms with van der Waals surface area (Å²) >= 11 is 0. The Hall–Kier alpha value is -3.67. The maximum Gasteiger partial charge on any atom is 0.254 e. The minimum atomic E-state index is -0.504. The number of carbonyl (C=O) groups is 3. The van der Waals surface area contributed by atoms with Crippen molar-refractivity contribution in [1.82, 2.24) is 15.1 Å². The molecule has 2 aromatic rings. The molecule has 1 saturated heterocycles. The third-order valence-corrected chi connectivity index (χ3v) is 8.58. The largest absolute Gasteiger partial charge is 0.493 e. The molecule has 2 fully saturated rings. The number of hydrogen-bond donors (Lipinski definition) is 2. The number of aliphatic hydroxyl groups is 1. The van der Waals surface area contributed by atoms with Crippen LogP contribution in [0.25, 0.3) is 0 Å². The van der Waals surface area contributed by atoms with Crippen molar-refractivity contribution in [2.45, 2.75) is 50.9 Å². The molecule has 0 spiro atoms. The molecule has 2 aliphatic heterocycles. The highest BCUT2D eigenvalue weighted by Crippen LogP contribution is 2.43. The second-order valence-corrected chi connectivity index (χ2v) is 11.5. The molecule has 11 heteroatoms. The number of ether oxygens (including phenoxy) is 4. The van der Waals surface area contributed by atoms with Gasteiger partial charge in [0.05, 0.1) is 44.4 Å². The number of nitrogens with one attached hydrogen (secondary N) is 1. The summed E-state index contributed by atoms with van der Waals surface area (Å²) in [5, 5.41) is 12.6. The number of fused-ring (bicyclic) bond motifs is 5. The number of piperidine rings is 1. The molecule has 3 amide bonds. The van der Waals surface area contributed by atoms with E-state index in [1.807, 2.05) is 29.2 Å². The molecule has 4 bridgehead atoms. The van der Waals surface area contributed by atoms with E-state index in [9.17, 15) is 19.5 Å². The molecule has 2 N–H and O–H groups in total. The fraction of sp³-hybridized carbons (Fsp3) is 0.531. The van der Waals surface area contributed by atoms with Gasteiger partial charge in [0.25, 0.3) is 5.91 Å². The maximum atomic E-state index is 13.6. The topological polar surface area (TPSA) is 127 Å². The zero-order chi connectivity index (χ0) is 30.4. The summed E-state index contributed by atoms with van der Waals surface area (Å²) in [6.45, 7) is 1.32. The average Bonchev–Trinajstić information content (AvgIpc) is 2.99. The molecule has 1 aliphatic carbocycles. The number of amides is 3. The SMILES string of the molecule is COCC1(C(=O)N2CC[C@@H]3OCc4cccc(c4)Oc4cc(ccc4OC)C(=O)N(CCCO)CC(=O)N[C@H]3C2)CCC1. The van der Waals surface area contributed by atoms with Crippen LogP contribution in [0.15, 0.2) is 42.5 Å². The molecule has 0 aromatic heterocycles. The van der Waals surface area contributed by atoms with Gasteiger partial charge in [0.15, 0.2) is 11.5 Å². The summed E-state index contributed by atoms with van der Waals surface area (Å²) in [4.78, 5) is 44.0. The molecule has 1 saturated carbocycles. The minimum Gasteiger partial charge on any atom is -0.493 e. The van der Waals surface area contributed by atoms with Crippen LogP contribution in [0.3, 0.4) is 0 Å². The highest BCUT2D eigenvalue weighted by molar-refractivity contribution is 5.97. The monoisotopic (exact) mass is 595 g/mol. The Balaban J connectivity index is 1.44. The zero-order valence-electron chi connectivity index (χ0n) is 24.9. The Bertz CT molecular complexity index is 1310. The molecule has 2 atom stereocenters. The molecule has 0 unspecified atom stereocenters. The Kier molecular flexibility index (Phi) is 9.84. The van der Waals surface area contributed by atoms with E-state index >= 15 is 0 Å². The van der Waals surface area contributed by atoms with Gasteiger partial charge >= 0.3 is 0 Å². The van der Waals surface area contributed by atoms with E-state index < -0.39 is 11.5 Å². The summed E-state index contributed by atoms with van der Waals surface area (Å²) in [5.41, 5.74) is 0.697. The summed E-state index contributed by atoms with van der Waals surface area (Å²) in [7, 11) is 3.14. The third-order valence-electron chi connectivity index (χ3n) is 8.58. The van der Waals surface area contributed by atoms with Crippen molar-refractivity contribution < 1.29 is 38.4 Å². The van der Waals surface area contributed by atoms with Crippen molar-refractivity contribution in [3.8, 4) is 17.2 Å². The van der Waals surface area contributed by atoms with Crippen LogP contribution in [0.5, 0.6) is 17.2 Å². The first-order chi connectivity index (χ1) is 20.9. The van der Waals surface area contributed by atoms with Crippen molar-refractivity contribution in [3.63, 3.8) is 0 Å². The number of methoxy groups -OCH3 is 2. The molecule has 232 valence electrons. The third kappa shape index (κ3) is 6.95. The lowest BCUT2D eigenvalue weighted by Crippen LogP contribution is -2.61. The summed E-state index contributed by atoms with van der Waals surface area (Å²) in [6.07, 6.45) is 3.08. The van der Waals surface area contributed by atoms with Crippen LogP contribution in [0.1, 0.15) is 48.0 Å². The first-order valence-electron chi connectivity index (χ1n) is 14.9. The first kappa shape index (κ1) is 30.8. The van der Waals surface area contributed by atoms with Gasteiger partial charge in [0, 0.05) is 38.9 Å². The van der Waals surface area contributed by atoms with Crippen LogP contribution in [0, 0.1) is 5.41 Å². The van der Waals surface area contributed by atoms with Gasteiger partial charge in [-0.3, -0.25) is 14.4 Å². The Morgan fingerprint density at radius 1 is 1.16 bits per heavy atom. The maximum absolute atomic E-state index is 13.6. The van der Waals surface area contributed by atoms with E-state index in [0.29, 0.717) is 55.4 Å². The molecule has 5 rings (SSSR count). The van der Waals surface area contributed by atoms with Crippen LogP contribution >= 0.6 is 0 Å². The predicted molar refractivity (Wildman–Crippen MR) is 157 cm³/mol. The lowest BCUT2D eigenvalue weighted by Gasteiger charge is -2.46. The lowest BCUT2D eigenvalue weighted by atomic mass is 9.68. The highest BCUT2D eigenvalue weighted by atomic mass is 16.5. The number of aliphatic hydroxyl groups excluding tert-OH is 1. The van der Waals surface area contributed by atoms with Crippen LogP contribution < -0.4 is 14.8 Å². The average molecular weight is 596 g/mol. The molecule has 11 nitrogen and oxygen atoms in total. The minimum absolute atomic E-state index is 0.0559. The first-order valence-corrected chi connectivity index (χ1v) is 14.9. The van der Waals surface area contributed by atoms with Crippen LogP contribution in [0.2, 0.25) is 0 Å². The fourth-order valence-electron chi connectivity index (χ4n) is 6.13. The van der Waals surface area contributed by atoms with Crippen LogP contribution in [-0.4, -0.2) is 98.4 Å². The van der Waals surface area contributed by atoms with Gasteiger partial charge in [-0.05, 0) is 61.6 Å². The standard InChI is InChI=1S/C32H41N3O8/c1-40-21-32(11-4-12-32)31(39)35-14-10-26-25(18-35)33-29(37)19-34(13-5-15-36)30(38)23-8-9-27(41-2)28(17-23)43-24-7-3-6-22(16-24)20-42-26/h3,6-9,16-17,25-26,36H,4-5,10-15,18-21H2,1-2H3,(H,33,37)/t25-,26-/m0/s1. The van der Waals surface area contributed by atoms with E-state index in [4.69, 9.17) is 18.9 Å². The summed E-state index contributed by atoms with van der Waals surface area (Å²) in [6, 6.07) is 11.9. The molecule has 0 radical (unpaired) electrons.